The van der Waals surface area contributed by atoms with Crippen LogP contribution in [0.3, 0.4) is 0 Å². The molecule has 26 heavy (non-hydrogen) atoms. The van der Waals surface area contributed by atoms with Gasteiger partial charge in [-0.3, -0.25) is 9.10 Å². The normalized spacial score (nSPS) is 13.3. The third-order valence-corrected chi connectivity index (χ3v) is 6.15. The fraction of sp³-hybridized carbons (Fsp3) is 0.188. The maximum atomic E-state index is 13.1. The highest BCUT2D eigenvalue weighted by Crippen LogP contribution is 2.37. The number of ether oxygens (including phenoxy) is 2. The number of benzene rings is 2. The summed E-state index contributed by atoms with van der Waals surface area (Å²) in [6.07, 6.45) is 0. The number of carboxylic acid groups (broad SMARTS) is 1. The summed E-state index contributed by atoms with van der Waals surface area (Å²) >= 11 is 12.1. The smallest absolute Gasteiger partial charge is 0.324 e. The van der Waals surface area contributed by atoms with E-state index in [4.69, 9.17) is 32.7 Å². The largest absolute Gasteiger partial charge is 0.486 e. The number of carboxylic acids is 1. The Balaban J connectivity index is 2.10. The van der Waals surface area contributed by atoms with Gasteiger partial charge in [0, 0.05) is 6.07 Å². The number of hydrogen-bond donors (Lipinski definition) is 1. The molecule has 1 aliphatic rings. The van der Waals surface area contributed by atoms with Gasteiger partial charge in [-0.2, -0.15) is 0 Å². The Hall–Kier alpha value is -2.16. The maximum Gasteiger partial charge on any atom is 0.324 e. The lowest BCUT2D eigenvalue weighted by Gasteiger charge is -2.25. The number of aliphatic carboxylic acids is 1. The van der Waals surface area contributed by atoms with Gasteiger partial charge in [0.1, 0.15) is 19.8 Å². The van der Waals surface area contributed by atoms with Crippen molar-refractivity contribution in [2.24, 2.45) is 0 Å². The van der Waals surface area contributed by atoms with Crippen LogP contribution < -0.4 is 13.8 Å². The average molecular weight is 418 g/mol. The number of hydrogen-bond acceptors (Lipinski definition) is 5. The van der Waals surface area contributed by atoms with E-state index >= 15 is 0 Å². The van der Waals surface area contributed by atoms with Crippen molar-refractivity contribution in [3.8, 4) is 11.5 Å². The number of fused-ring (bicyclic) bond motifs is 1. The van der Waals surface area contributed by atoms with Crippen LogP contribution in [0.2, 0.25) is 10.0 Å². The second-order valence-corrected chi connectivity index (χ2v) is 7.93. The predicted molar refractivity (Wildman–Crippen MR) is 96.1 cm³/mol. The number of halogens is 2. The van der Waals surface area contributed by atoms with Gasteiger partial charge >= 0.3 is 5.97 Å². The molecule has 1 N–H and O–H groups in total. The van der Waals surface area contributed by atoms with Crippen molar-refractivity contribution in [2.75, 3.05) is 24.1 Å². The van der Waals surface area contributed by atoms with Crippen LogP contribution in [0, 0.1) is 0 Å². The Labute approximate surface area is 159 Å². The van der Waals surface area contributed by atoms with Crippen LogP contribution in [0.25, 0.3) is 0 Å². The molecule has 2 aromatic rings. The van der Waals surface area contributed by atoms with E-state index in [0.29, 0.717) is 16.7 Å². The van der Waals surface area contributed by atoms with Crippen LogP contribution in [-0.2, 0) is 14.8 Å². The van der Waals surface area contributed by atoms with Crippen LogP contribution in [0.15, 0.2) is 41.3 Å². The Morgan fingerprint density at radius 3 is 2.50 bits per heavy atom. The maximum absolute atomic E-state index is 13.1. The minimum absolute atomic E-state index is 0.0311. The summed E-state index contributed by atoms with van der Waals surface area (Å²) in [6.45, 7) is -0.172. The number of nitrogens with zero attached hydrogens (tertiary/aromatic N) is 1. The lowest BCUT2D eigenvalue weighted by Crippen LogP contribution is -2.36. The van der Waals surface area contributed by atoms with Gasteiger partial charge in [-0.05, 0) is 24.3 Å². The van der Waals surface area contributed by atoms with E-state index in [2.05, 4.69) is 0 Å². The zero-order valence-corrected chi connectivity index (χ0v) is 15.5. The van der Waals surface area contributed by atoms with E-state index in [9.17, 15) is 18.3 Å². The quantitative estimate of drug-likeness (QED) is 0.803. The molecule has 0 radical (unpaired) electrons. The van der Waals surface area contributed by atoms with Gasteiger partial charge in [0.05, 0.1) is 20.6 Å². The molecule has 0 amide bonds. The van der Waals surface area contributed by atoms with E-state index < -0.39 is 22.5 Å². The minimum atomic E-state index is -4.25. The zero-order chi connectivity index (χ0) is 18.9. The molecule has 0 fully saturated rings. The van der Waals surface area contributed by atoms with Gasteiger partial charge in [-0.1, -0.05) is 29.3 Å². The summed E-state index contributed by atoms with van der Waals surface area (Å²) in [6, 6.07) is 8.40. The number of carbonyl (C=O) groups is 1. The van der Waals surface area contributed by atoms with Crippen LogP contribution >= 0.6 is 23.2 Å². The molecule has 0 atom stereocenters. The first-order valence-corrected chi connectivity index (χ1v) is 9.58. The zero-order valence-electron chi connectivity index (χ0n) is 13.2. The van der Waals surface area contributed by atoms with Crippen LogP contribution in [-0.4, -0.2) is 39.3 Å². The van der Waals surface area contributed by atoms with Crippen LogP contribution in [0.5, 0.6) is 11.5 Å². The van der Waals surface area contributed by atoms with Crippen LogP contribution in [0.1, 0.15) is 0 Å². The fourth-order valence-corrected chi connectivity index (χ4v) is 4.31. The molecule has 1 heterocycles. The van der Waals surface area contributed by atoms with Crippen molar-refractivity contribution in [1.82, 2.24) is 0 Å². The molecule has 1 aliphatic heterocycles. The van der Waals surface area contributed by atoms with Crippen molar-refractivity contribution in [3.63, 3.8) is 0 Å². The van der Waals surface area contributed by atoms with E-state index in [1.807, 2.05) is 0 Å². The second-order valence-electron chi connectivity index (χ2n) is 5.28. The molecule has 10 heteroatoms. The first-order valence-electron chi connectivity index (χ1n) is 7.39. The van der Waals surface area contributed by atoms with Gasteiger partial charge in [-0.25, -0.2) is 8.42 Å². The Morgan fingerprint density at radius 2 is 1.81 bits per heavy atom. The van der Waals surface area contributed by atoms with Crippen molar-refractivity contribution in [2.45, 2.75) is 4.90 Å². The highest BCUT2D eigenvalue weighted by Gasteiger charge is 2.30. The second kappa shape index (κ2) is 7.22. The molecule has 0 aromatic heterocycles. The molecule has 0 unspecified atom stereocenters. The summed E-state index contributed by atoms with van der Waals surface area (Å²) in [7, 11) is -4.25. The first kappa shape index (κ1) is 18.6. The van der Waals surface area contributed by atoms with Crippen LogP contribution in [0.4, 0.5) is 5.69 Å². The molecule has 0 bridgehead atoms. The van der Waals surface area contributed by atoms with E-state index in [-0.39, 0.29) is 33.0 Å². The van der Waals surface area contributed by atoms with Gasteiger partial charge in [0.2, 0.25) is 0 Å². The van der Waals surface area contributed by atoms with E-state index in [1.54, 1.807) is 0 Å². The molecule has 2 aromatic carbocycles. The Bertz CT molecular complexity index is 963. The van der Waals surface area contributed by atoms with Gasteiger partial charge in [-0.15, -0.1) is 0 Å². The van der Waals surface area contributed by atoms with E-state index in [0.717, 1.165) is 0 Å². The monoisotopic (exact) mass is 417 g/mol. The standard InChI is InChI=1S/C16H13Cl2NO6S/c17-11-2-1-3-12(16(11)18)19(9-15(20)21)26(22,23)10-4-5-13-14(8-10)25-7-6-24-13/h1-5,8H,6-7,9H2,(H,20,21). The highest BCUT2D eigenvalue weighted by atomic mass is 35.5. The third-order valence-electron chi connectivity index (χ3n) is 3.58. The van der Waals surface area contributed by atoms with Gasteiger partial charge in [0.25, 0.3) is 10.0 Å². The molecular weight excluding hydrogens is 405 g/mol. The summed E-state index contributed by atoms with van der Waals surface area (Å²) < 4.78 is 37.6. The highest BCUT2D eigenvalue weighted by molar-refractivity contribution is 7.92. The summed E-state index contributed by atoms with van der Waals surface area (Å²) in [5.41, 5.74) is -0.0311. The molecule has 7 nitrogen and oxygen atoms in total. The number of anilines is 1. The number of sulfonamides is 1. The molecule has 0 saturated carbocycles. The SMILES string of the molecule is O=C(O)CN(c1cccc(Cl)c1Cl)S(=O)(=O)c1ccc2c(c1)OCCO2. The minimum Gasteiger partial charge on any atom is -0.486 e. The summed E-state index contributed by atoms with van der Waals surface area (Å²) in [4.78, 5) is 11.1. The Morgan fingerprint density at radius 1 is 1.12 bits per heavy atom. The predicted octanol–water partition coefficient (Wildman–Crippen LogP) is 3.04. The first-order chi connectivity index (χ1) is 12.3. The van der Waals surface area contributed by atoms with Crippen molar-refractivity contribution < 1.29 is 27.8 Å². The molecular formula is C16H13Cl2NO6S. The topological polar surface area (TPSA) is 93.1 Å². The summed E-state index contributed by atoms with van der Waals surface area (Å²) in [5, 5.41) is 9.23. The lowest BCUT2D eigenvalue weighted by atomic mass is 10.3. The number of rotatable bonds is 5. The van der Waals surface area contributed by atoms with Gasteiger partial charge in [0.15, 0.2) is 11.5 Å². The molecule has 0 saturated heterocycles. The average Bonchev–Trinajstić information content (AvgIpc) is 2.61. The van der Waals surface area contributed by atoms with E-state index in [1.165, 1.54) is 36.4 Å². The molecule has 0 aliphatic carbocycles. The summed E-state index contributed by atoms with van der Waals surface area (Å²) in [5.74, 6) is -0.660. The van der Waals surface area contributed by atoms with Crippen molar-refractivity contribution in [3.05, 3.63) is 46.4 Å². The van der Waals surface area contributed by atoms with Crippen molar-refractivity contribution in [1.29, 1.82) is 0 Å². The van der Waals surface area contributed by atoms with Gasteiger partial charge < -0.3 is 14.6 Å². The lowest BCUT2D eigenvalue weighted by molar-refractivity contribution is -0.135. The molecule has 3 rings (SSSR count). The fourth-order valence-electron chi connectivity index (χ4n) is 2.42. The Kier molecular flexibility index (Phi) is 5.17. The van der Waals surface area contributed by atoms with Crippen molar-refractivity contribution >= 4 is 44.9 Å². The third kappa shape index (κ3) is 3.53. The molecule has 138 valence electrons. The molecule has 0 spiro atoms.